The second-order valence-electron chi connectivity index (χ2n) is 8.00. The molecule has 1 aromatic carbocycles. The van der Waals surface area contributed by atoms with E-state index in [9.17, 15) is 5.11 Å². The van der Waals surface area contributed by atoms with Gasteiger partial charge in [0, 0.05) is 52.9 Å². The summed E-state index contributed by atoms with van der Waals surface area (Å²) in [6.07, 6.45) is 0. The van der Waals surface area contributed by atoms with E-state index in [0.717, 1.165) is 82.2 Å². The number of anilines is 1. The number of hydrogen-bond acceptors (Lipinski definition) is 6. The minimum atomic E-state index is 0.136. The van der Waals surface area contributed by atoms with E-state index in [2.05, 4.69) is 31.1 Å². The largest absolute Gasteiger partial charge is 0.506 e. The van der Waals surface area contributed by atoms with Gasteiger partial charge >= 0.3 is 0 Å². The predicted molar refractivity (Wildman–Crippen MR) is 122 cm³/mol. The molecule has 0 bridgehead atoms. The molecule has 0 spiro atoms. The van der Waals surface area contributed by atoms with Crippen molar-refractivity contribution in [1.82, 2.24) is 15.1 Å². The summed E-state index contributed by atoms with van der Waals surface area (Å²) in [5.74, 6) is 3.14. The maximum Gasteiger partial charge on any atom is 0.193 e. The first-order chi connectivity index (χ1) is 15.2. The summed E-state index contributed by atoms with van der Waals surface area (Å²) < 4.78 is 11.5. The molecular weight excluding hydrogens is 394 g/mol. The van der Waals surface area contributed by atoms with E-state index < -0.39 is 0 Å². The van der Waals surface area contributed by atoms with Crippen molar-refractivity contribution in [2.24, 2.45) is 4.99 Å². The van der Waals surface area contributed by atoms with Gasteiger partial charge < -0.3 is 29.4 Å². The number of hydrogen-bond donors (Lipinski definition) is 2. The van der Waals surface area contributed by atoms with Gasteiger partial charge in [0.25, 0.3) is 0 Å². The molecule has 2 aliphatic rings. The third-order valence-corrected chi connectivity index (χ3v) is 6.04. The Morgan fingerprint density at radius 2 is 1.81 bits per heavy atom. The lowest BCUT2D eigenvalue weighted by molar-refractivity contribution is 0.0123. The van der Waals surface area contributed by atoms with Crippen LogP contribution in [0, 0.1) is 6.92 Å². The van der Waals surface area contributed by atoms with Crippen LogP contribution in [0.2, 0.25) is 0 Å². The number of morpholine rings is 1. The topological polar surface area (TPSA) is 76.7 Å². The SMILES string of the molecule is CN=C(NCC(c1ccc(C)o1)N1CCOCC1)N1CCN(c2ccccc2O)CC1. The molecular formula is C23H33N5O3. The summed E-state index contributed by atoms with van der Waals surface area (Å²) in [6, 6.07) is 11.8. The summed E-state index contributed by atoms with van der Waals surface area (Å²) in [5.41, 5.74) is 0.894. The summed E-state index contributed by atoms with van der Waals surface area (Å²) in [5, 5.41) is 13.7. The number of aromatic hydroxyl groups is 1. The lowest BCUT2D eigenvalue weighted by atomic mass is 10.1. The van der Waals surface area contributed by atoms with E-state index >= 15 is 0 Å². The molecule has 0 radical (unpaired) electrons. The van der Waals surface area contributed by atoms with Gasteiger partial charge in [0.2, 0.25) is 0 Å². The number of ether oxygens (including phenoxy) is 1. The quantitative estimate of drug-likeness (QED) is 0.559. The van der Waals surface area contributed by atoms with E-state index in [1.165, 1.54) is 0 Å². The highest BCUT2D eigenvalue weighted by Crippen LogP contribution is 2.27. The maximum absolute atomic E-state index is 10.1. The lowest BCUT2D eigenvalue weighted by Gasteiger charge is -2.39. The van der Waals surface area contributed by atoms with Gasteiger partial charge in [0.05, 0.1) is 24.9 Å². The standard InChI is InChI=1S/C23H33N5O3/c1-18-7-8-22(31-18)20(27-13-15-30-16-14-27)17-25-23(24-2)28-11-9-26(10-12-28)19-5-3-4-6-21(19)29/h3-8,20,29H,9-17H2,1-2H3,(H,24,25). The Kier molecular flexibility index (Phi) is 6.99. The van der Waals surface area contributed by atoms with Crippen molar-refractivity contribution in [2.45, 2.75) is 13.0 Å². The van der Waals surface area contributed by atoms with E-state index in [4.69, 9.17) is 9.15 Å². The van der Waals surface area contributed by atoms with Gasteiger partial charge in [0.1, 0.15) is 17.3 Å². The molecule has 2 fully saturated rings. The van der Waals surface area contributed by atoms with Gasteiger partial charge in [-0.25, -0.2) is 0 Å². The zero-order valence-corrected chi connectivity index (χ0v) is 18.5. The molecule has 168 valence electrons. The van der Waals surface area contributed by atoms with Crippen LogP contribution in [0.4, 0.5) is 5.69 Å². The molecule has 1 aromatic heterocycles. The number of nitrogens with zero attached hydrogens (tertiary/aromatic N) is 4. The molecule has 0 saturated carbocycles. The third-order valence-electron chi connectivity index (χ3n) is 6.04. The number of benzene rings is 1. The molecule has 2 N–H and O–H groups in total. The highest BCUT2D eigenvalue weighted by molar-refractivity contribution is 5.80. The Labute approximate surface area is 184 Å². The first-order valence-corrected chi connectivity index (χ1v) is 11.0. The summed E-state index contributed by atoms with van der Waals surface area (Å²) >= 11 is 0. The Bertz CT molecular complexity index is 870. The number of aliphatic imine (C=N–C) groups is 1. The van der Waals surface area contributed by atoms with Crippen LogP contribution in [0.5, 0.6) is 5.75 Å². The van der Waals surface area contributed by atoms with Gasteiger partial charge in [-0.3, -0.25) is 9.89 Å². The zero-order valence-electron chi connectivity index (χ0n) is 18.5. The molecule has 0 amide bonds. The highest BCUT2D eigenvalue weighted by Gasteiger charge is 2.27. The molecule has 2 saturated heterocycles. The van der Waals surface area contributed by atoms with Crippen molar-refractivity contribution >= 4 is 11.6 Å². The normalized spacial score (nSPS) is 19.5. The van der Waals surface area contributed by atoms with Gasteiger partial charge in [0.15, 0.2) is 5.96 Å². The Morgan fingerprint density at radius 3 is 2.45 bits per heavy atom. The smallest absolute Gasteiger partial charge is 0.193 e. The molecule has 1 atom stereocenters. The number of nitrogens with one attached hydrogen (secondary N) is 1. The highest BCUT2D eigenvalue weighted by atomic mass is 16.5. The van der Waals surface area contributed by atoms with Gasteiger partial charge in [-0.05, 0) is 31.2 Å². The van der Waals surface area contributed by atoms with Gasteiger partial charge in [-0.15, -0.1) is 0 Å². The average molecular weight is 428 g/mol. The van der Waals surface area contributed by atoms with Crippen LogP contribution in [-0.4, -0.2) is 86.9 Å². The number of phenolic OH excluding ortho intramolecular Hbond substituents is 1. The Morgan fingerprint density at radius 1 is 1.06 bits per heavy atom. The van der Waals surface area contributed by atoms with Crippen LogP contribution in [-0.2, 0) is 4.74 Å². The van der Waals surface area contributed by atoms with Gasteiger partial charge in [-0.1, -0.05) is 12.1 Å². The van der Waals surface area contributed by atoms with Crippen LogP contribution in [0.25, 0.3) is 0 Å². The third kappa shape index (κ3) is 5.14. The molecule has 8 heteroatoms. The molecule has 31 heavy (non-hydrogen) atoms. The van der Waals surface area contributed by atoms with E-state index in [0.29, 0.717) is 5.75 Å². The first kappa shape index (κ1) is 21.5. The zero-order chi connectivity index (χ0) is 21.6. The molecule has 1 unspecified atom stereocenters. The number of piperazine rings is 1. The van der Waals surface area contributed by atoms with Crippen molar-refractivity contribution in [1.29, 1.82) is 0 Å². The molecule has 2 aromatic rings. The maximum atomic E-state index is 10.1. The summed E-state index contributed by atoms with van der Waals surface area (Å²) in [7, 11) is 1.83. The van der Waals surface area contributed by atoms with Crippen LogP contribution < -0.4 is 10.2 Å². The minimum absolute atomic E-state index is 0.136. The fraction of sp³-hybridized carbons (Fsp3) is 0.522. The van der Waals surface area contributed by atoms with Crippen LogP contribution in [0.1, 0.15) is 17.6 Å². The number of phenols is 1. The van der Waals surface area contributed by atoms with Crippen molar-refractivity contribution in [3.8, 4) is 5.75 Å². The van der Waals surface area contributed by atoms with E-state index in [1.54, 1.807) is 6.07 Å². The van der Waals surface area contributed by atoms with Crippen molar-refractivity contribution in [3.63, 3.8) is 0 Å². The fourth-order valence-electron chi connectivity index (χ4n) is 4.34. The van der Waals surface area contributed by atoms with E-state index in [1.807, 2.05) is 38.2 Å². The fourth-order valence-corrected chi connectivity index (χ4v) is 4.34. The Hall–Kier alpha value is -2.71. The Balaban J connectivity index is 1.37. The van der Waals surface area contributed by atoms with Crippen molar-refractivity contribution < 1.29 is 14.3 Å². The number of para-hydroxylation sites is 2. The van der Waals surface area contributed by atoms with Crippen molar-refractivity contribution in [3.05, 3.63) is 47.9 Å². The second-order valence-corrected chi connectivity index (χ2v) is 8.00. The number of furan rings is 1. The van der Waals surface area contributed by atoms with E-state index in [-0.39, 0.29) is 6.04 Å². The number of guanidine groups is 1. The predicted octanol–water partition coefficient (Wildman–Crippen LogP) is 2.06. The summed E-state index contributed by atoms with van der Waals surface area (Å²) in [6.45, 7) is 9.35. The van der Waals surface area contributed by atoms with Gasteiger partial charge in [-0.2, -0.15) is 0 Å². The van der Waals surface area contributed by atoms with Crippen LogP contribution in [0.3, 0.4) is 0 Å². The second kappa shape index (κ2) is 10.1. The average Bonchev–Trinajstić information content (AvgIpc) is 3.24. The molecule has 2 aliphatic heterocycles. The lowest BCUT2D eigenvalue weighted by Crippen LogP contribution is -2.54. The van der Waals surface area contributed by atoms with Crippen LogP contribution in [0.15, 0.2) is 45.8 Å². The molecule has 8 nitrogen and oxygen atoms in total. The molecule has 4 rings (SSSR count). The molecule has 3 heterocycles. The van der Waals surface area contributed by atoms with Crippen molar-refractivity contribution in [2.75, 3.05) is 71.0 Å². The number of rotatable bonds is 5. The first-order valence-electron chi connectivity index (χ1n) is 11.0. The summed E-state index contributed by atoms with van der Waals surface area (Å²) in [4.78, 5) is 11.4. The number of aryl methyl sites for hydroxylation is 1. The van der Waals surface area contributed by atoms with Crippen LogP contribution >= 0.6 is 0 Å². The monoisotopic (exact) mass is 427 g/mol. The molecule has 0 aliphatic carbocycles. The minimum Gasteiger partial charge on any atom is -0.506 e.